The molecule has 0 radical (unpaired) electrons. The maximum absolute atomic E-state index is 10.7. The summed E-state index contributed by atoms with van der Waals surface area (Å²) in [5.74, 6) is 0.0144. The van der Waals surface area contributed by atoms with E-state index in [9.17, 15) is 4.79 Å². The quantitative estimate of drug-likeness (QED) is 0.512. The largest absolute Gasteiger partial charge is 0.468 e. The van der Waals surface area contributed by atoms with Crippen LogP contribution in [0.2, 0.25) is 0 Å². The minimum Gasteiger partial charge on any atom is -0.468 e. The number of hydrogen-bond donors (Lipinski definition) is 0. The van der Waals surface area contributed by atoms with Crippen molar-refractivity contribution in [2.24, 2.45) is 0 Å². The predicted octanol–water partition coefficient (Wildman–Crippen LogP) is 0.742. The van der Waals surface area contributed by atoms with E-state index in [0.717, 1.165) is 5.03 Å². The summed E-state index contributed by atoms with van der Waals surface area (Å²) in [6.45, 7) is 0. The van der Waals surface area contributed by atoms with Gasteiger partial charge < -0.3 is 4.74 Å². The predicted molar refractivity (Wildman–Crippen MR) is 44.8 cm³/mol. The van der Waals surface area contributed by atoms with Crippen LogP contribution in [-0.2, 0) is 9.53 Å². The van der Waals surface area contributed by atoms with Crippen LogP contribution in [0.5, 0.6) is 0 Å². The van der Waals surface area contributed by atoms with Crippen LogP contribution in [0, 0.1) is 0 Å². The second-order valence-electron chi connectivity index (χ2n) is 1.93. The molecule has 4 nitrogen and oxygen atoms in total. The lowest BCUT2D eigenvalue weighted by Crippen LogP contribution is -2.03. The maximum atomic E-state index is 10.7. The van der Waals surface area contributed by atoms with Gasteiger partial charge in [0.15, 0.2) is 0 Å². The molecular formula is C7H8N2O2S. The Morgan fingerprint density at radius 1 is 1.75 bits per heavy atom. The number of carbonyl (C=O) groups excluding carboxylic acids is 1. The molecule has 0 aliphatic carbocycles. The third-order valence-electron chi connectivity index (χ3n) is 1.11. The molecule has 1 aromatic rings. The summed E-state index contributed by atoms with van der Waals surface area (Å²) in [4.78, 5) is 10.7. The van der Waals surface area contributed by atoms with Gasteiger partial charge in [0, 0.05) is 6.20 Å². The average molecular weight is 184 g/mol. The number of methoxy groups -OCH3 is 1. The van der Waals surface area contributed by atoms with E-state index in [4.69, 9.17) is 0 Å². The number of carbonyl (C=O) groups is 1. The zero-order valence-corrected chi connectivity index (χ0v) is 7.37. The zero-order valence-electron chi connectivity index (χ0n) is 6.56. The van der Waals surface area contributed by atoms with Gasteiger partial charge in [-0.3, -0.25) is 4.79 Å². The van der Waals surface area contributed by atoms with Crippen LogP contribution in [0.4, 0.5) is 0 Å². The molecule has 0 aliphatic heterocycles. The zero-order chi connectivity index (χ0) is 8.81. The fourth-order valence-electron chi connectivity index (χ4n) is 0.556. The maximum Gasteiger partial charge on any atom is 0.316 e. The highest BCUT2D eigenvalue weighted by molar-refractivity contribution is 7.99. The summed E-state index contributed by atoms with van der Waals surface area (Å²) in [5, 5.41) is 8.18. The van der Waals surface area contributed by atoms with Gasteiger partial charge in [-0.25, -0.2) is 0 Å². The molecule has 0 N–H and O–H groups in total. The SMILES string of the molecule is COC(=O)CSc1cccnn1. The molecule has 0 saturated heterocycles. The van der Waals surface area contributed by atoms with Gasteiger partial charge in [0.25, 0.3) is 0 Å². The van der Waals surface area contributed by atoms with Crippen molar-refractivity contribution in [2.45, 2.75) is 5.03 Å². The van der Waals surface area contributed by atoms with E-state index < -0.39 is 0 Å². The molecule has 0 fully saturated rings. The molecule has 12 heavy (non-hydrogen) atoms. The van der Waals surface area contributed by atoms with Crippen molar-refractivity contribution in [1.82, 2.24) is 10.2 Å². The molecule has 1 rings (SSSR count). The minimum atomic E-state index is -0.259. The smallest absolute Gasteiger partial charge is 0.316 e. The van der Waals surface area contributed by atoms with E-state index >= 15 is 0 Å². The highest BCUT2D eigenvalue weighted by Gasteiger charge is 2.01. The van der Waals surface area contributed by atoms with Crippen molar-refractivity contribution in [1.29, 1.82) is 0 Å². The van der Waals surface area contributed by atoms with Crippen molar-refractivity contribution >= 4 is 17.7 Å². The third-order valence-corrected chi connectivity index (χ3v) is 2.01. The minimum absolute atomic E-state index is 0.259. The number of rotatable bonds is 3. The molecule has 0 aliphatic rings. The number of aromatic nitrogens is 2. The van der Waals surface area contributed by atoms with Crippen LogP contribution in [-0.4, -0.2) is 29.0 Å². The van der Waals surface area contributed by atoms with E-state index in [1.54, 1.807) is 18.3 Å². The molecule has 0 spiro atoms. The first kappa shape index (κ1) is 8.99. The first-order chi connectivity index (χ1) is 5.83. The summed E-state index contributed by atoms with van der Waals surface area (Å²) in [7, 11) is 1.36. The summed E-state index contributed by atoms with van der Waals surface area (Å²) in [6, 6.07) is 3.56. The second-order valence-corrected chi connectivity index (χ2v) is 2.92. The lowest BCUT2D eigenvalue weighted by molar-refractivity contribution is -0.137. The second kappa shape index (κ2) is 4.71. The number of esters is 1. The Morgan fingerprint density at radius 2 is 2.58 bits per heavy atom. The summed E-state index contributed by atoms with van der Waals surface area (Å²) >= 11 is 1.30. The van der Waals surface area contributed by atoms with Crippen molar-refractivity contribution in [3.8, 4) is 0 Å². The van der Waals surface area contributed by atoms with Gasteiger partial charge in [0.2, 0.25) is 0 Å². The van der Waals surface area contributed by atoms with E-state index in [0.29, 0.717) is 0 Å². The Hall–Kier alpha value is -1.10. The van der Waals surface area contributed by atoms with E-state index in [1.165, 1.54) is 18.9 Å². The summed E-state index contributed by atoms with van der Waals surface area (Å²) in [6.07, 6.45) is 1.59. The number of nitrogens with zero attached hydrogens (tertiary/aromatic N) is 2. The number of hydrogen-bond acceptors (Lipinski definition) is 5. The molecule has 1 aromatic heterocycles. The van der Waals surface area contributed by atoms with Crippen molar-refractivity contribution in [3.05, 3.63) is 18.3 Å². The van der Waals surface area contributed by atoms with Gasteiger partial charge in [0.1, 0.15) is 5.03 Å². The molecule has 0 aromatic carbocycles. The fourth-order valence-corrected chi connectivity index (χ4v) is 1.22. The standard InChI is InChI=1S/C7H8N2O2S/c1-11-7(10)5-12-6-3-2-4-8-9-6/h2-4H,5H2,1H3. The topological polar surface area (TPSA) is 52.1 Å². The van der Waals surface area contributed by atoms with Crippen LogP contribution in [0.1, 0.15) is 0 Å². The first-order valence-corrected chi connectivity index (χ1v) is 4.29. The van der Waals surface area contributed by atoms with Crippen molar-refractivity contribution in [2.75, 3.05) is 12.9 Å². The van der Waals surface area contributed by atoms with E-state index in [1.807, 2.05) is 0 Å². The third kappa shape index (κ3) is 2.87. The number of ether oxygens (including phenoxy) is 1. The fraction of sp³-hybridized carbons (Fsp3) is 0.286. The molecule has 0 unspecified atom stereocenters. The molecule has 64 valence electrons. The van der Waals surface area contributed by atoms with Gasteiger partial charge >= 0.3 is 5.97 Å². The van der Waals surface area contributed by atoms with Gasteiger partial charge in [0.05, 0.1) is 12.9 Å². The van der Waals surface area contributed by atoms with Crippen LogP contribution >= 0.6 is 11.8 Å². The van der Waals surface area contributed by atoms with Crippen LogP contribution in [0.15, 0.2) is 23.4 Å². The average Bonchev–Trinajstić information content (AvgIpc) is 2.16. The monoisotopic (exact) mass is 184 g/mol. The first-order valence-electron chi connectivity index (χ1n) is 3.30. The van der Waals surface area contributed by atoms with Gasteiger partial charge in [-0.05, 0) is 12.1 Å². The summed E-state index contributed by atoms with van der Waals surface area (Å²) in [5.41, 5.74) is 0. The van der Waals surface area contributed by atoms with Crippen LogP contribution in [0.25, 0.3) is 0 Å². The molecule has 0 amide bonds. The number of thioether (sulfide) groups is 1. The molecule has 0 atom stereocenters. The normalized spacial score (nSPS) is 9.42. The Kier molecular flexibility index (Phi) is 3.53. The molecule has 5 heteroatoms. The highest BCUT2D eigenvalue weighted by atomic mass is 32.2. The van der Waals surface area contributed by atoms with Crippen LogP contribution in [0.3, 0.4) is 0 Å². The Balaban J connectivity index is 2.38. The van der Waals surface area contributed by atoms with Gasteiger partial charge in [-0.15, -0.1) is 5.10 Å². The van der Waals surface area contributed by atoms with Crippen LogP contribution < -0.4 is 0 Å². The van der Waals surface area contributed by atoms with Gasteiger partial charge in [-0.1, -0.05) is 11.8 Å². The Morgan fingerprint density at radius 3 is 3.17 bits per heavy atom. The molecule has 0 bridgehead atoms. The molecule has 0 saturated carbocycles. The van der Waals surface area contributed by atoms with Crippen molar-refractivity contribution in [3.63, 3.8) is 0 Å². The lowest BCUT2D eigenvalue weighted by atomic mass is 10.6. The highest BCUT2D eigenvalue weighted by Crippen LogP contribution is 2.12. The summed E-state index contributed by atoms with van der Waals surface area (Å²) < 4.78 is 4.46. The molecule has 1 heterocycles. The van der Waals surface area contributed by atoms with E-state index in [-0.39, 0.29) is 11.7 Å². The lowest BCUT2D eigenvalue weighted by Gasteiger charge is -1.96. The Labute approximate surface area is 74.3 Å². The van der Waals surface area contributed by atoms with Gasteiger partial charge in [-0.2, -0.15) is 5.10 Å². The van der Waals surface area contributed by atoms with Crippen molar-refractivity contribution < 1.29 is 9.53 Å². The Bertz CT molecular complexity index is 253. The van der Waals surface area contributed by atoms with E-state index in [2.05, 4.69) is 14.9 Å². The molecular weight excluding hydrogens is 176 g/mol.